The van der Waals surface area contributed by atoms with Crippen molar-refractivity contribution in [3.63, 3.8) is 0 Å². The lowest BCUT2D eigenvalue weighted by Crippen LogP contribution is -2.53. The van der Waals surface area contributed by atoms with E-state index in [9.17, 15) is 20.1 Å². The summed E-state index contributed by atoms with van der Waals surface area (Å²) in [6, 6.07) is 0. The van der Waals surface area contributed by atoms with E-state index in [1.165, 1.54) is 5.57 Å². The van der Waals surface area contributed by atoms with Gasteiger partial charge in [0.25, 0.3) is 0 Å². The monoisotopic (exact) mass is 334 g/mol. The summed E-state index contributed by atoms with van der Waals surface area (Å²) >= 11 is 0. The van der Waals surface area contributed by atoms with E-state index in [4.69, 9.17) is 4.74 Å². The Labute approximate surface area is 141 Å². The van der Waals surface area contributed by atoms with E-state index >= 15 is 0 Å². The molecule has 5 nitrogen and oxygen atoms in total. The van der Waals surface area contributed by atoms with Crippen LogP contribution in [0.3, 0.4) is 0 Å². The maximum Gasteiger partial charge on any atom is 0.307 e. The third-order valence-electron chi connectivity index (χ3n) is 8.65. The highest BCUT2D eigenvalue weighted by Gasteiger charge is 2.82. The summed E-state index contributed by atoms with van der Waals surface area (Å²) in [7, 11) is 0. The van der Waals surface area contributed by atoms with Crippen molar-refractivity contribution in [2.24, 2.45) is 34.5 Å². The normalized spacial score (nSPS) is 60.9. The Hall–Kier alpha value is -0.910. The zero-order valence-electron chi connectivity index (χ0n) is 14.1. The molecule has 5 aliphatic rings. The van der Waals surface area contributed by atoms with Crippen LogP contribution in [0.2, 0.25) is 0 Å². The number of ether oxygens (including phenoxy) is 1. The van der Waals surface area contributed by atoms with Crippen molar-refractivity contribution >= 4 is 5.97 Å². The molecule has 9 atom stereocenters. The van der Waals surface area contributed by atoms with Gasteiger partial charge in [-0.3, -0.25) is 4.79 Å². The minimum Gasteiger partial charge on any atom is -0.481 e. The molecular formula is C19H26O5. The maximum absolute atomic E-state index is 12.4. The molecule has 132 valence electrons. The molecular weight excluding hydrogens is 308 g/mol. The minimum atomic E-state index is -1.08. The number of hydrogen-bond donors (Lipinski definition) is 3. The first kappa shape index (κ1) is 15.4. The molecule has 4 aliphatic carbocycles. The molecule has 0 radical (unpaired) electrons. The van der Waals surface area contributed by atoms with E-state index in [2.05, 4.69) is 6.58 Å². The first-order valence-corrected chi connectivity index (χ1v) is 9.22. The van der Waals surface area contributed by atoms with Crippen LogP contribution in [0.1, 0.15) is 45.4 Å². The average Bonchev–Trinajstić information content (AvgIpc) is 2.98. The number of aliphatic carboxylic acids is 1. The van der Waals surface area contributed by atoms with Crippen molar-refractivity contribution in [2.45, 2.75) is 63.4 Å². The van der Waals surface area contributed by atoms with Crippen LogP contribution < -0.4 is 0 Å². The molecule has 5 rings (SSSR count). The summed E-state index contributed by atoms with van der Waals surface area (Å²) in [5.41, 5.74) is -0.596. The number of rotatable bonds is 1. The van der Waals surface area contributed by atoms with Gasteiger partial charge in [-0.25, -0.2) is 0 Å². The Kier molecular flexibility index (Phi) is 2.72. The van der Waals surface area contributed by atoms with Crippen molar-refractivity contribution in [3.05, 3.63) is 12.2 Å². The van der Waals surface area contributed by atoms with Crippen LogP contribution in [0.5, 0.6) is 0 Å². The third kappa shape index (κ3) is 1.36. The Morgan fingerprint density at radius 1 is 1.29 bits per heavy atom. The number of aliphatic hydroxyl groups is 2. The molecule has 3 N–H and O–H groups in total. The topological polar surface area (TPSA) is 87.0 Å². The highest BCUT2D eigenvalue weighted by molar-refractivity contribution is 5.74. The standard InChI is InChI=1S/C19H26O5/c1-9-7-18-8-10(9)3-4-11(18)19-6-5-12(20)17(2,16(23)24-19)14(19)13(18)15(21)22/h10-14,16,20,23H,1,3-8H2,2H3,(H,21,22)/t10-,11-,12+,13-,14-,16?,17+,18+,19-/m1/s1. The van der Waals surface area contributed by atoms with Gasteiger partial charge in [0, 0.05) is 5.92 Å². The molecule has 4 bridgehead atoms. The van der Waals surface area contributed by atoms with Crippen molar-refractivity contribution in [1.29, 1.82) is 0 Å². The van der Waals surface area contributed by atoms with Gasteiger partial charge in [0.1, 0.15) is 0 Å². The molecule has 1 spiro atoms. The largest absolute Gasteiger partial charge is 0.481 e. The summed E-state index contributed by atoms with van der Waals surface area (Å²) < 4.78 is 6.20. The lowest BCUT2D eigenvalue weighted by atomic mass is 9.58. The highest BCUT2D eigenvalue weighted by Crippen LogP contribution is 2.78. The van der Waals surface area contributed by atoms with Crippen LogP contribution in [0.25, 0.3) is 0 Å². The first-order valence-electron chi connectivity index (χ1n) is 9.22. The average molecular weight is 334 g/mol. The molecule has 5 heteroatoms. The number of hydrogen-bond acceptors (Lipinski definition) is 4. The molecule has 0 amide bonds. The zero-order valence-corrected chi connectivity index (χ0v) is 14.1. The third-order valence-corrected chi connectivity index (χ3v) is 8.65. The van der Waals surface area contributed by atoms with Crippen molar-refractivity contribution in [2.75, 3.05) is 0 Å². The Morgan fingerprint density at radius 3 is 2.75 bits per heavy atom. The zero-order chi connectivity index (χ0) is 17.1. The van der Waals surface area contributed by atoms with Gasteiger partial charge in [-0.05, 0) is 55.8 Å². The SMILES string of the molecule is C=C1C[C@]23C[C@H]1CC[C@H]2[C@@]12CC[C@H](O)[C@](C)(C(O)O1)[C@H]2[C@@H]3C(=O)O. The quantitative estimate of drug-likeness (QED) is 0.638. The van der Waals surface area contributed by atoms with Gasteiger partial charge >= 0.3 is 5.97 Å². The fourth-order valence-electron chi connectivity index (χ4n) is 7.84. The molecule has 0 aromatic rings. The second kappa shape index (κ2) is 4.25. The molecule has 24 heavy (non-hydrogen) atoms. The maximum atomic E-state index is 12.4. The van der Waals surface area contributed by atoms with E-state index in [0.29, 0.717) is 18.8 Å². The van der Waals surface area contributed by atoms with Gasteiger partial charge in [0.05, 0.1) is 23.0 Å². The van der Waals surface area contributed by atoms with E-state index in [-0.39, 0.29) is 17.3 Å². The van der Waals surface area contributed by atoms with Gasteiger partial charge in [0.2, 0.25) is 0 Å². The lowest BCUT2D eigenvalue weighted by Gasteiger charge is -2.46. The van der Waals surface area contributed by atoms with E-state index in [0.717, 1.165) is 25.7 Å². The van der Waals surface area contributed by atoms with Crippen LogP contribution in [-0.4, -0.2) is 39.3 Å². The molecule has 0 aromatic heterocycles. The van der Waals surface area contributed by atoms with Gasteiger partial charge in [0.15, 0.2) is 6.29 Å². The number of carboxylic acid groups (broad SMARTS) is 1. The van der Waals surface area contributed by atoms with Crippen molar-refractivity contribution in [1.82, 2.24) is 0 Å². The van der Waals surface area contributed by atoms with Crippen molar-refractivity contribution < 1.29 is 24.9 Å². The second-order valence-corrected chi connectivity index (χ2v) is 9.24. The highest BCUT2D eigenvalue weighted by atomic mass is 16.6. The molecule has 5 fully saturated rings. The van der Waals surface area contributed by atoms with Crippen LogP contribution in [-0.2, 0) is 9.53 Å². The number of allylic oxidation sites excluding steroid dienone is 1. The molecule has 4 saturated carbocycles. The van der Waals surface area contributed by atoms with E-state index in [1.807, 2.05) is 6.92 Å². The number of carboxylic acids is 1. The number of fused-ring (bicyclic) bond motifs is 1. The molecule has 0 aromatic carbocycles. The molecule has 1 saturated heterocycles. The van der Waals surface area contributed by atoms with Crippen LogP contribution >= 0.6 is 0 Å². The fraction of sp³-hybridized carbons (Fsp3) is 0.842. The van der Waals surface area contributed by atoms with E-state index < -0.39 is 35.3 Å². The number of carbonyl (C=O) groups is 1. The Morgan fingerprint density at radius 2 is 2.04 bits per heavy atom. The molecule has 1 heterocycles. The second-order valence-electron chi connectivity index (χ2n) is 9.24. The fourth-order valence-corrected chi connectivity index (χ4v) is 7.84. The summed E-state index contributed by atoms with van der Waals surface area (Å²) in [5, 5.41) is 31.5. The summed E-state index contributed by atoms with van der Waals surface area (Å²) in [5.74, 6) is -1.10. The number of aliphatic hydroxyl groups excluding tert-OH is 2. The summed E-state index contributed by atoms with van der Waals surface area (Å²) in [6.07, 6.45) is 3.08. The molecule has 1 aliphatic heterocycles. The smallest absolute Gasteiger partial charge is 0.307 e. The minimum absolute atomic E-state index is 0.149. The van der Waals surface area contributed by atoms with Gasteiger partial charge in [-0.1, -0.05) is 19.1 Å². The van der Waals surface area contributed by atoms with Gasteiger partial charge < -0.3 is 20.1 Å². The van der Waals surface area contributed by atoms with Gasteiger partial charge in [-0.15, -0.1) is 0 Å². The van der Waals surface area contributed by atoms with Gasteiger partial charge in [-0.2, -0.15) is 0 Å². The van der Waals surface area contributed by atoms with Crippen LogP contribution in [0.15, 0.2) is 12.2 Å². The van der Waals surface area contributed by atoms with Crippen LogP contribution in [0.4, 0.5) is 0 Å². The predicted molar refractivity (Wildman–Crippen MR) is 84.8 cm³/mol. The predicted octanol–water partition coefficient (Wildman–Crippen LogP) is 1.93. The summed E-state index contributed by atoms with van der Waals surface area (Å²) in [6.45, 7) is 6.07. The van der Waals surface area contributed by atoms with Crippen LogP contribution in [0, 0.1) is 34.5 Å². The van der Waals surface area contributed by atoms with Crippen molar-refractivity contribution in [3.8, 4) is 0 Å². The first-order chi connectivity index (χ1) is 11.3. The lowest BCUT2D eigenvalue weighted by molar-refractivity contribution is -0.193. The Bertz CT molecular complexity index is 646. The molecule has 1 unspecified atom stereocenters. The van der Waals surface area contributed by atoms with E-state index in [1.54, 1.807) is 0 Å². The summed E-state index contributed by atoms with van der Waals surface area (Å²) in [4.78, 5) is 12.4. The Balaban J connectivity index is 1.74.